The van der Waals surface area contributed by atoms with Crippen LogP contribution >= 0.6 is 11.8 Å². The van der Waals surface area contributed by atoms with E-state index in [0.29, 0.717) is 4.75 Å². The fourth-order valence-electron chi connectivity index (χ4n) is 0.749. The second kappa shape index (κ2) is 1.69. The Balaban J connectivity index is 2.55. The Labute approximate surface area is 54.3 Å². The Bertz CT molecular complexity index is 126. The topological polar surface area (TPSA) is 26.0 Å². The molecule has 2 N–H and O–H groups in total. The van der Waals surface area contributed by atoms with E-state index in [1.165, 1.54) is 0 Å². The zero-order chi connectivity index (χ0) is 6.20. The van der Waals surface area contributed by atoms with Crippen molar-refractivity contribution < 1.29 is 0 Å². The van der Waals surface area contributed by atoms with Gasteiger partial charge >= 0.3 is 0 Å². The van der Waals surface area contributed by atoms with Crippen LogP contribution in [0.25, 0.3) is 0 Å². The van der Waals surface area contributed by atoms with Crippen molar-refractivity contribution in [1.82, 2.24) is 0 Å². The van der Waals surface area contributed by atoms with E-state index >= 15 is 0 Å². The summed E-state index contributed by atoms with van der Waals surface area (Å²) in [5, 5.41) is 0.981. The summed E-state index contributed by atoms with van der Waals surface area (Å²) < 4.78 is 0.365. The van der Waals surface area contributed by atoms with Crippen LogP contribution < -0.4 is 5.73 Å². The maximum atomic E-state index is 5.53. The quantitative estimate of drug-likeness (QED) is 0.538. The lowest BCUT2D eigenvalue weighted by molar-refractivity contribution is 0.740. The van der Waals surface area contributed by atoms with Gasteiger partial charge in [-0.25, -0.2) is 0 Å². The molecule has 1 aliphatic rings. The number of hydrogen-bond acceptors (Lipinski definition) is 2. The summed E-state index contributed by atoms with van der Waals surface area (Å²) in [7, 11) is 0. The van der Waals surface area contributed by atoms with Crippen molar-refractivity contribution in [2.75, 3.05) is 0 Å². The molecule has 1 nitrogen and oxygen atoms in total. The normalized spacial score (nSPS) is 25.5. The van der Waals surface area contributed by atoms with Gasteiger partial charge < -0.3 is 5.73 Å². The molecule has 1 heterocycles. The molecule has 0 unspecified atom stereocenters. The summed E-state index contributed by atoms with van der Waals surface area (Å²) in [4.78, 5) is 0. The molecule has 46 valence electrons. The first kappa shape index (κ1) is 6.02. The van der Waals surface area contributed by atoms with Gasteiger partial charge in [-0.1, -0.05) is 6.08 Å². The molecule has 0 atom stereocenters. The number of rotatable bonds is 0. The van der Waals surface area contributed by atoms with Crippen molar-refractivity contribution in [3.05, 3.63) is 11.1 Å². The summed E-state index contributed by atoms with van der Waals surface area (Å²) >= 11 is 1.76. The van der Waals surface area contributed by atoms with Crippen LogP contribution in [-0.2, 0) is 0 Å². The highest BCUT2D eigenvalue weighted by molar-refractivity contribution is 8.04. The fourth-order valence-corrected chi connectivity index (χ4v) is 1.72. The Kier molecular flexibility index (Phi) is 1.27. The highest BCUT2D eigenvalue weighted by Crippen LogP contribution is 2.38. The Morgan fingerprint density at radius 1 is 1.75 bits per heavy atom. The highest BCUT2D eigenvalue weighted by Gasteiger charge is 2.23. The van der Waals surface area contributed by atoms with Crippen LogP contribution in [0.5, 0.6) is 0 Å². The third-order valence-corrected chi connectivity index (χ3v) is 2.31. The minimum Gasteiger partial charge on any atom is -0.394 e. The van der Waals surface area contributed by atoms with E-state index in [-0.39, 0.29) is 0 Å². The largest absolute Gasteiger partial charge is 0.394 e. The Morgan fingerprint density at radius 2 is 2.38 bits per heavy atom. The van der Waals surface area contributed by atoms with Crippen molar-refractivity contribution in [3.63, 3.8) is 0 Å². The highest BCUT2D eigenvalue weighted by atomic mass is 32.2. The van der Waals surface area contributed by atoms with E-state index in [2.05, 4.69) is 19.9 Å². The van der Waals surface area contributed by atoms with E-state index in [9.17, 15) is 0 Å². The fraction of sp³-hybridized carbons (Fsp3) is 0.667. The summed E-state index contributed by atoms with van der Waals surface area (Å²) in [6.07, 6.45) is 3.20. The standard InChI is InChI=1S/C6H11NS/c1-6(2)4-3-5(7)8-6/h3H,4,7H2,1-2H3. The van der Waals surface area contributed by atoms with E-state index in [1.807, 2.05) is 0 Å². The van der Waals surface area contributed by atoms with Gasteiger partial charge in [-0.2, -0.15) is 0 Å². The van der Waals surface area contributed by atoms with Crippen LogP contribution in [0.3, 0.4) is 0 Å². The molecule has 0 saturated heterocycles. The van der Waals surface area contributed by atoms with Gasteiger partial charge in [0.15, 0.2) is 0 Å². The first-order valence-corrected chi connectivity index (χ1v) is 3.56. The summed E-state index contributed by atoms with van der Waals surface area (Å²) in [6, 6.07) is 0. The van der Waals surface area contributed by atoms with Crippen LogP contribution in [0, 0.1) is 0 Å². The van der Waals surface area contributed by atoms with Gasteiger partial charge in [-0.3, -0.25) is 0 Å². The van der Waals surface area contributed by atoms with Crippen molar-refractivity contribution in [3.8, 4) is 0 Å². The molecule has 0 aromatic carbocycles. The van der Waals surface area contributed by atoms with Gasteiger partial charge in [0.05, 0.1) is 5.03 Å². The van der Waals surface area contributed by atoms with Gasteiger partial charge in [0.2, 0.25) is 0 Å². The molecule has 0 aliphatic carbocycles. The monoisotopic (exact) mass is 129 g/mol. The molecule has 1 aliphatic heterocycles. The van der Waals surface area contributed by atoms with Crippen molar-refractivity contribution >= 4 is 11.8 Å². The molecule has 0 radical (unpaired) electrons. The maximum Gasteiger partial charge on any atom is 0.0620 e. The molecule has 0 aromatic heterocycles. The van der Waals surface area contributed by atoms with Crippen LogP contribution in [0.4, 0.5) is 0 Å². The van der Waals surface area contributed by atoms with Crippen molar-refractivity contribution in [2.45, 2.75) is 25.0 Å². The second-order valence-corrected chi connectivity index (χ2v) is 4.45. The lowest BCUT2D eigenvalue weighted by atomic mass is 10.1. The first-order valence-electron chi connectivity index (χ1n) is 2.75. The SMILES string of the molecule is CC1(C)CC=C(N)S1. The van der Waals surface area contributed by atoms with Crippen LogP contribution in [0.2, 0.25) is 0 Å². The predicted molar refractivity (Wildman–Crippen MR) is 38.6 cm³/mol. The van der Waals surface area contributed by atoms with Gasteiger partial charge in [0, 0.05) is 4.75 Å². The van der Waals surface area contributed by atoms with Gasteiger partial charge in [0.1, 0.15) is 0 Å². The van der Waals surface area contributed by atoms with Gasteiger partial charge in [0.25, 0.3) is 0 Å². The maximum absolute atomic E-state index is 5.53. The molecular weight excluding hydrogens is 118 g/mol. The average molecular weight is 129 g/mol. The zero-order valence-corrected chi connectivity index (χ0v) is 6.09. The molecule has 8 heavy (non-hydrogen) atoms. The van der Waals surface area contributed by atoms with Crippen LogP contribution in [-0.4, -0.2) is 4.75 Å². The molecule has 0 amide bonds. The summed E-state index contributed by atoms with van der Waals surface area (Å²) in [6.45, 7) is 4.40. The predicted octanol–water partition coefficient (Wildman–Crippen LogP) is 1.70. The molecule has 0 spiro atoms. The van der Waals surface area contributed by atoms with E-state index in [1.54, 1.807) is 11.8 Å². The molecule has 0 bridgehead atoms. The lowest BCUT2D eigenvalue weighted by Gasteiger charge is -2.14. The third-order valence-electron chi connectivity index (χ3n) is 1.19. The van der Waals surface area contributed by atoms with Crippen molar-refractivity contribution in [2.24, 2.45) is 5.73 Å². The Hall–Kier alpha value is -0.110. The molecule has 2 heteroatoms. The molecule has 1 rings (SSSR count). The minimum atomic E-state index is 0.365. The summed E-state index contributed by atoms with van der Waals surface area (Å²) in [5.41, 5.74) is 5.53. The van der Waals surface area contributed by atoms with E-state index < -0.39 is 0 Å². The van der Waals surface area contributed by atoms with Crippen LogP contribution in [0.15, 0.2) is 11.1 Å². The minimum absolute atomic E-state index is 0.365. The first-order chi connectivity index (χ1) is 3.60. The Morgan fingerprint density at radius 3 is 2.50 bits per heavy atom. The number of thioether (sulfide) groups is 1. The average Bonchev–Trinajstić information content (AvgIpc) is 1.82. The molecular formula is C6H11NS. The third kappa shape index (κ3) is 1.19. The summed E-state index contributed by atoms with van der Waals surface area (Å²) in [5.74, 6) is 0. The molecule has 0 saturated carbocycles. The van der Waals surface area contributed by atoms with Crippen molar-refractivity contribution in [1.29, 1.82) is 0 Å². The molecule has 0 aromatic rings. The number of hydrogen-bond donors (Lipinski definition) is 1. The number of nitrogens with two attached hydrogens (primary N) is 1. The van der Waals surface area contributed by atoms with Crippen LogP contribution in [0.1, 0.15) is 20.3 Å². The smallest absolute Gasteiger partial charge is 0.0620 e. The van der Waals surface area contributed by atoms with E-state index in [4.69, 9.17) is 5.73 Å². The number of allylic oxidation sites excluding steroid dienone is 1. The molecule has 0 fully saturated rings. The van der Waals surface area contributed by atoms with Gasteiger partial charge in [-0.05, 0) is 20.3 Å². The zero-order valence-electron chi connectivity index (χ0n) is 5.27. The van der Waals surface area contributed by atoms with Gasteiger partial charge in [-0.15, -0.1) is 11.8 Å². The lowest BCUT2D eigenvalue weighted by Crippen LogP contribution is -2.08. The van der Waals surface area contributed by atoms with E-state index in [0.717, 1.165) is 11.4 Å². The second-order valence-electron chi connectivity index (χ2n) is 2.67.